The SMILES string of the molecule is COc1cc2c(cc1C)CNCC2.Cl. The van der Waals surface area contributed by atoms with E-state index in [1.165, 1.54) is 16.7 Å². The number of hydrogen-bond acceptors (Lipinski definition) is 2. The Kier molecular flexibility index (Phi) is 3.78. The first-order valence-corrected chi connectivity index (χ1v) is 4.68. The van der Waals surface area contributed by atoms with Crippen LogP contribution in [0.5, 0.6) is 5.75 Å². The van der Waals surface area contributed by atoms with Crippen molar-refractivity contribution in [3.63, 3.8) is 0 Å². The molecular weight excluding hydrogens is 198 g/mol. The zero-order chi connectivity index (χ0) is 9.26. The maximum atomic E-state index is 5.29. The van der Waals surface area contributed by atoms with Crippen LogP contribution in [0.2, 0.25) is 0 Å². The van der Waals surface area contributed by atoms with Crippen LogP contribution in [0.15, 0.2) is 12.1 Å². The van der Waals surface area contributed by atoms with Crippen LogP contribution in [-0.2, 0) is 13.0 Å². The molecule has 2 rings (SSSR count). The van der Waals surface area contributed by atoms with Gasteiger partial charge in [0.1, 0.15) is 5.75 Å². The number of nitrogens with one attached hydrogen (secondary N) is 1. The Morgan fingerprint density at radius 3 is 2.79 bits per heavy atom. The summed E-state index contributed by atoms with van der Waals surface area (Å²) in [5.74, 6) is 1.01. The van der Waals surface area contributed by atoms with Gasteiger partial charge in [0.2, 0.25) is 0 Å². The van der Waals surface area contributed by atoms with Crippen molar-refractivity contribution in [3.05, 3.63) is 28.8 Å². The van der Waals surface area contributed by atoms with E-state index in [0.29, 0.717) is 0 Å². The third-order valence-corrected chi connectivity index (χ3v) is 2.60. The molecule has 14 heavy (non-hydrogen) atoms. The molecule has 0 atom stereocenters. The standard InChI is InChI=1S/C11H15NO.ClH/c1-8-5-10-7-12-4-3-9(10)6-11(8)13-2;/h5-6,12H,3-4,7H2,1-2H3;1H. The van der Waals surface area contributed by atoms with Crippen LogP contribution in [-0.4, -0.2) is 13.7 Å². The monoisotopic (exact) mass is 213 g/mol. The van der Waals surface area contributed by atoms with Crippen LogP contribution >= 0.6 is 12.4 Å². The lowest BCUT2D eigenvalue weighted by Crippen LogP contribution is -2.23. The summed E-state index contributed by atoms with van der Waals surface area (Å²) in [6.07, 6.45) is 1.12. The summed E-state index contributed by atoms with van der Waals surface area (Å²) >= 11 is 0. The fourth-order valence-electron chi connectivity index (χ4n) is 1.85. The first-order chi connectivity index (χ1) is 6.31. The van der Waals surface area contributed by atoms with E-state index < -0.39 is 0 Å². The van der Waals surface area contributed by atoms with Crippen molar-refractivity contribution in [2.24, 2.45) is 0 Å². The average Bonchev–Trinajstić information content (AvgIpc) is 2.17. The molecule has 0 radical (unpaired) electrons. The predicted octanol–water partition coefficient (Wildman–Crippen LogP) is 2.07. The fraction of sp³-hybridized carbons (Fsp3) is 0.455. The van der Waals surface area contributed by atoms with E-state index in [-0.39, 0.29) is 12.4 Å². The van der Waals surface area contributed by atoms with Gasteiger partial charge in [-0.3, -0.25) is 0 Å². The molecule has 0 saturated heterocycles. The van der Waals surface area contributed by atoms with Gasteiger partial charge in [0, 0.05) is 6.54 Å². The maximum absolute atomic E-state index is 5.29. The lowest BCUT2D eigenvalue weighted by Gasteiger charge is -2.19. The largest absolute Gasteiger partial charge is 0.496 e. The first kappa shape index (κ1) is 11.3. The van der Waals surface area contributed by atoms with Crippen LogP contribution in [0.25, 0.3) is 0 Å². The van der Waals surface area contributed by atoms with Gasteiger partial charge in [0.05, 0.1) is 7.11 Å². The highest BCUT2D eigenvalue weighted by Gasteiger charge is 2.10. The van der Waals surface area contributed by atoms with Gasteiger partial charge in [0.15, 0.2) is 0 Å². The summed E-state index contributed by atoms with van der Waals surface area (Å²) in [4.78, 5) is 0. The molecule has 1 N–H and O–H groups in total. The minimum atomic E-state index is 0. The lowest BCUT2D eigenvalue weighted by molar-refractivity contribution is 0.410. The Morgan fingerprint density at radius 1 is 1.29 bits per heavy atom. The molecular formula is C11H16ClNO. The number of rotatable bonds is 1. The molecule has 1 heterocycles. The summed E-state index contributed by atoms with van der Waals surface area (Å²) in [7, 11) is 1.73. The van der Waals surface area contributed by atoms with E-state index in [9.17, 15) is 0 Å². The van der Waals surface area contributed by atoms with E-state index in [0.717, 1.165) is 25.3 Å². The number of benzene rings is 1. The Bertz CT molecular complexity index is 325. The number of aryl methyl sites for hydroxylation is 1. The highest BCUT2D eigenvalue weighted by atomic mass is 35.5. The minimum absolute atomic E-state index is 0. The zero-order valence-electron chi connectivity index (χ0n) is 8.59. The van der Waals surface area contributed by atoms with Gasteiger partial charge in [-0.25, -0.2) is 0 Å². The molecule has 1 aliphatic heterocycles. The van der Waals surface area contributed by atoms with Gasteiger partial charge in [0.25, 0.3) is 0 Å². The lowest BCUT2D eigenvalue weighted by atomic mass is 9.98. The number of methoxy groups -OCH3 is 1. The summed E-state index contributed by atoms with van der Waals surface area (Å²) in [6.45, 7) is 4.17. The molecule has 1 aromatic rings. The summed E-state index contributed by atoms with van der Waals surface area (Å²) in [5, 5.41) is 3.36. The summed E-state index contributed by atoms with van der Waals surface area (Å²) in [6, 6.07) is 4.39. The quantitative estimate of drug-likeness (QED) is 0.771. The Morgan fingerprint density at radius 2 is 2.07 bits per heavy atom. The van der Waals surface area contributed by atoms with Crippen LogP contribution in [0.3, 0.4) is 0 Å². The van der Waals surface area contributed by atoms with Crippen molar-refractivity contribution in [1.82, 2.24) is 5.32 Å². The molecule has 0 amide bonds. The Hall–Kier alpha value is -0.730. The van der Waals surface area contributed by atoms with E-state index >= 15 is 0 Å². The van der Waals surface area contributed by atoms with Gasteiger partial charge in [-0.15, -0.1) is 12.4 Å². The molecule has 0 aromatic heterocycles. The van der Waals surface area contributed by atoms with Crippen molar-refractivity contribution < 1.29 is 4.74 Å². The highest BCUT2D eigenvalue weighted by molar-refractivity contribution is 5.85. The maximum Gasteiger partial charge on any atom is 0.122 e. The molecule has 0 saturated carbocycles. The Balaban J connectivity index is 0.000000980. The number of fused-ring (bicyclic) bond motifs is 1. The highest BCUT2D eigenvalue weighted by Crippen LogP contribution is 2.24. The minimum Gasteiger partial charge on any atom is -0.496 e. The molecule has 0 bridgehead atoms. The van der Waals surface area contributed by atoms with Gasteiger partial charge >= 0.3 is 0 Å². The van der Waals surface area contributed by atoms with Crippen molar-refractivity contribution in [1.29, 1.82) is 0 Å². The second-order valence-electron chi connectivity index (χ2n) is 3.52. The van der Waals surface area contributed by atoms with Crippen LogP contribution in [0, 0.1) is 6.92 Å². The van der Waals surface area contributed by atoms with Gasteiger partial charge in [-0.05, 0) is 42.6 Å². The smallest absolute Gasteiger partial charge is 0.122 e. The number of hydrogen-bond donors (Lipinski definition) is 1. The van der Waals surface area contributed by atoms with E-state index in [1.807, 2.05) is 0 Å². The second kappa shape index (κ2) is 4.67. The molecule has 0 spiro atoms. The summed E-state index contributed by atoms with van der Waals surface area (Å²) < 4.78 is 5.29. The molecule has 3 heteroatoms. The van der Waals surface area contributed by atoms with E-state index in [1.54, 1.807) is 7.11 Å². The zero-order valence-corrected chi connectivity index (χ0v) is 9.41. The third kappa shape index (κ3) is 2.02. The van der Waals surface area contributed by atoms with Crippen molar-refractivity contribution in [3.8, 4) is 5.75 Å². The van der Waals surface area contributed by atoms with E-state index in [2.05, 4.69) is 24.4 Å². The topological polar surface area (TPSA) is 21.3 Å². The van der Waals surface area contributed by atoms with Gasteiger partial charge in [-0.2, -0.15) is 0 Å². The average molecular weight is 214 g/mol. The molecule has 1 aliphatic rings. The second-order valence-corrected chi connectivity index (χ2v) is 3.52. The molecule has 1 aromatic carbocycles. The van der Waals surface area contributed by atoms with Crippen molar-refractivity contribution in [2.75, 3.05) is 13.7 Å². The van der Waals surface area contributed by atoms with Crippen molar-refractivity contribution >= 4 is 12.4 Å². The molecule has 0 aliphatic carbocycles. The number of ether oxygens (including phenoxy) is 1. The molecule has 0 fully saturated rings. The van der Waals surface area contributed by atoms with Crippen LogP contribution < -0.4 is 10.1 Å². The van der Waals surface area contributed by atoms with Crippen molar-refractivity contribution in [2.45, 2.75) is 19.9 Å². The third-order valence-electron chi connectivity index (χ3n) is 2.60. The molecule has 0 unspecified atom stereocenters. The fourth-order valence-corrected chi connectivity index (χ4v) is 1.85. The first-order valence-electron chi connectivity index (χ1n) is 4.68. The van der Waals surface area contributed by atoms with Gasteiger partial charge in [-0.1, -0.05) is 6.07 Å². The predicted molar refractivity (Wildman–Crippen MR) is 60.4 cm³/mol. The molecule has 2 nitrogen and oxygen atoms in total. The van der Waals surface area contributed by atoms with Crippen LogP contribution in [0.1, 0.15) is 16.7 Å². The summed E-state index contributed by atoms with van der Waals surface area (Å²) in [5.41, 5.74) is 4.08. The normalized spacial score (nSPS) is 14.1. The van der Waals surface area contributed by atoms with Crippen LogP contribution in [0.4, 0.5) is 0 Å². The molecule has 78 valence electrons. The number of halogens is 1. The van der Waals surface area contributed by atoms with E-state index in [4.69, 9.17) is 4.74 Å². The van der Waals surface area contributed by atoms with Gasteiger partial charge < -0.3 is 10.1 Å². The Labute approximate surface area is 91.1 Å².